The Morgan fingerprint density at radius 2 is 1.85 bits per heavy atom. The van der Waals surface area contributed by atoms with Crippen molar-refractivity contribution in [3.05, 3.63) is 64.7 Å². The Kier molecular flexibility index (Phi) is 5.02. The first-order valence-electron chi connectivity index (χ1n) is 6.45. The maximum Gasteiger partial charge on any atom is 0.255 e. The minimum Gasteiger partial charge on any atom is -0.493 e. The van der Waals surface area contributed by atoms with Crippen LogP contribution in [0.3, 0.4) is 0 Å². The molecule has 4 heteroatoms. The van der Waals surface area contributed by atoms with Crippen molar-refractivity contribution in [1.82, 2.24) is 5.32 Å². The third kappa shape index (κ3) is 3.75. The zero-order valence-corrected chi connectivity index (χ0v) is 12.0. The molecule has 0 saturated heterocycles. The van der Waals surface area contributed by atoms with Gasteiger partial charge in [-0.3, -0.25) is 4.79 Å². The molecule has 0 spiro atoms. The van der Waals surface area contributed by atoms with Crippen LogP contribution < -0.4 is 10.1 Å². The molecule has 0 saturated carbocycles. The zero-order chi connectivity index (χ0) is 14.4. The lowest BCUT2D eigenvalue weighted by atomic mass is 10.1. The normalized spacial score (nSPS) is 10.1. The van der Waals surface area contributed by atoms with Crippen LogP contribution in [0.1, 0.15) is 22.8 Å². The summed E-state index contributed by atoms with van der Waals surface area (Å²) in [6.45, 7) is 2.88. The Bertz CT molecular complexity index is 581. The van der Waals surface area contributed by atoms with E-state index >= 15 is 0 Å². The van der Waals surface area contributed by atoms with Crippen molar-refractivity contribution in [2.24, 2.45) is 0 Å². The van der Waals surface area contributed by atoms with E-state index in [0.29, 0.717) is 29.5 Å². The Morgan fingerprint density at radius 3 is 2.55 bits per heavy atom. The number of rotatable bonds is 5. The largest absolute Gasteiger partial charge is 0.493 e. The summed E-state index contributed by atoms with van der Waals surface area (Å²) in [6, 6.07) is 14.6. The smallest absolute Gasteiger partial charge is 0.255 e. The molecule has 0 fully saturated rings. The minimum absolute atomic E-state index is 0.149. The van der Waals surface area contributed by atoms with Crippen molar-refractivity contribution in [2.75, 3.05) is 6.61 Å². The number of ether oxygens (including phenoxy) is 1. The van der Waals surface area contributed by atoms with Gasteiger partial charge in [0.2, 0.25) is 0 Å². The lowest BCUT2D eigenvalue weighted by Gasteiger charge is -2.10. The highest BCUT2D eigenvalue weighted by atomic mass is 35.5. The molecular formula is C16H16ClNO2. The third-order valence-corrected chi connectivity index (χ3v) is 3.05. The summed E-state index contributed by atoms with van der Waals surface area (Å²) in [5.74, 6) is 0.451. The van der Waals surface area contributed by atoms with Crippen LogP contribution >= 0.6 is 11.6 Å². The van der Waals surface area contributed by atoms with Crippen molar-refractivity contribution < 1.29 is 9.53 Å². The average Bonchev–Trinajstić information content (AvgIpc) is 2.47. The van der Waals surface area contributed by atoms with E-state index in [1.165, 1.54) is 0 Å². The number of carbonyl (C=O) groups is 1. The van der Waals surface area contributed by atoms with Crippen molar-refractivity contribution >= 4 is 17.5 Å². The zero-order valence-electron chi connectivity index (χ0n) is 11.2. The molecule has 0 unspecified atom stereocenters. The predicted molar refractivity (Wildman–Crippen MR) is 80.2 cm³/mol. The number of para-hydroxylation sites is 1. The highest BCUT2D eigenvalue weighted by molar-refractivity contribution is 6.30. The van der Waals surface area contributed by atoms with Gasteiger partial charge in [-0.1, -0.05) is 35.9 Å². The van der Waals surface area contributed by atoms with Gasteiger partial charge in [0, 0.05) is 11.6 Å². The monoisotopic (exact) mass is 289 g/mol. The fraction of sp³-hybridized carbons (Fsp3) is 0.188. The quantitative estimate of drug-likeness (QED) is 0.912. The number of nitrogens with one attached hydrogen (secondary N) is 1. The van der Waals surface area contributed by atoms with Crippen LogP contribution in [-0.4, -0.2) is 12.5 Å². The highest BCUT2D eigenvalue weighted by Gasteiger charge is 2.11. The van der Waals surface area contributed by atoms with E-state index in [4.69, 9.17) is 16.3 Å². The van der Waals surface area contributed by atoms with Crippen molar-refractivity contribution in [1.29, 1.82) is 0 Å². The van der Waals surface area contributed by atoms with E-state index in [1.807, 2.05) is 31.2 Å². The van der Waals surface area contributed by atoms with Gasteiger partial charge in [-0.05, 0) is 36.8 Å². The van der Waals surface area contributed by atoms with Gasteiger partial charge in [0.15, 0.2) is 0 Å². The topological polar surface area (TPSA) is 38.3 Å². The first-order chi connectivity index (χ1) is 9.70. The number of benzene rings is 2. The van der Waals surface area contributed by atoms with Crippen LogP contribution in [0.25, 0.3) is 0 Å². The number of hydrogen-bond donors (Lipinski definition) is 1. The SMILES string of the molecule is CCOc1ccccc1C(=O)NCc1ccc(Cl)cc1. The van der Waals surface area contributed by atoms with Crippen molar-refractivity contribution in [3.63, 3.8) is 0 Å². The Morgan fingerprint density at radius 1 is 1.15 bits per heavy atom. The standard InChI is InChI=1S/C16H16ClNO2/c1-2-20-15-6-4-3-5-14(15)16(19)18-11-12-7-9-13(17)10-8-12/h3-10H,2,11H2,1H3,(H,18,19). The molecule has 20 heavy (non-hydrogen) atoms. The Labute approximate surface area is 123 Å². The molecule has 2 rings (SSSR count). The average molecular weight is 290 g/mol. The number of halogens is 1. The predicted octanol–water partition coefficient (Wildman–Crippen LogP) is 3.67. The molecule has 104 valence electrons. The van der Waals surface area contributed by atoms with E-state index in [0.717, 1.165) is 5.56 Å². The van der Waals surface area contributed by atoms with Crippen LogP contribution in [0.4, 0.5) is 0 Å². The molecule has 3 nitrogen and oxygen atoms in total. The van der Waals surface area contributed by atoms with Gasteiger partial charge in [0.05, 0.1) is 12.2 Å². The lowest BCUT2D eigenvalue weighted by molar-refractivity contribution is 0.0947. The highest BCUT2D eigenvalue weighted by Crippen LogP contribution is 2.18. The third-order valence-electron chi connectivity index (χ3n) is 2.80. The van der Waals surface area contributed by atoms with E-state index in [1.54, 1.807) is 24.3 Å². The maximum atomic E-state index is 12.2. The van der Waals surface area contributed by atoms with Crippen LogP contribution in [0.5, 0.6) is 5.75 Å². The molecule has 0 bridgehead atoms. The van der Waals surface area contributed by atoms with Crippen LogP contribution in [0.15, 0.2) is 48.5 Å². The number of carbonyl (C=O) groups excluding carboxylic acids is 1. The molecule has 0 aliphatic heterocycles. The van der Waals surface area contributed by atoms with Gasteiger partial charge in [0.25, 0.3) is 5.91 Å². The second-order valence-corrected chi connectivity index (χ2v) is 4.67. The molecule has 0 atom stereocenters. The van der Waals surface area contributed by atoms with Crippen LogP contribution in [-0.2, 0) is 6.54 Å². The second kappa shape index (κ2) is 6.96. The van der Waals surface area contributed by atoms with Gasteiger partial charge in [-0.15, -0.1) is 0 Å². The minimum atomic E-state index is -0.149. The molecule has 0 aliphatic rings. The number of hydrogen-bond acceptors (Lipinski definition) is 2. The second-order valence-electron chi connectivity index (χ2n) is 4.24. The van der Waals surface area contributed by atoms with E-state index in [9.17, 15) is 4.79 Å². The van der Waals surface area contributed by atoms with Crippen LogP contribution in [0, 0.1) is 0 Å². The molecule has 0 aromatic heterocycles. The van der Waals surface area contributed by atoms with Crippen molar-refractivity contribution in [2.45, 2.75) is 13.5 Å². The Hall–Kier alpha value is -2.00. The van der Waals surface area contributed by atoms with E-state index < -0.39 is 0 Å². The summed E-state index contributed by atoms with van der Waals surface area (Å²) in [5, 5.41) is 3.55. The Balaban J connectivity index is 2.03. The fourth-order valence-electron chi connectivity index (χ4n) is 1.82. The molecule has 1 N–H and O–H groups in total. The molecule has 2 aromatic carbocycles. The summed E-state index contributed by atoms with van der Waals surface area (Å²) in [7, 11) is 0. The van der Waals surface area contributed by atoms with Gasteiger partial charge < -0.3 is 10.1 Å². The molecule has 0 heterocycles. The van der Waals surface area contributed by atoms with Crippen LogP contribution in [0.2, 0.25) is 5.02 Å². The summed E-state index contributed by atoms with van der Waals surface area (Å²) in [4.78, 5) is 12.2. The first-order valence-corrected chi connectivity index (χ1v) is 6.83. The molecule has 0 aliphatic carbocycles. The molecule has 1 amide bonds. The summed E-state index contributed by atoms with van der Waals surface area (Å²) in [5.41, 5.74) is 1.54. The van der Waals surface area contributed by atoms with Gasteiger partial charge in [-0.2, -0.15) is 0 Å². The molecule has 0 radical (unpaired) electrons. The molecule has 2 aromatic rings. The summed E-state index contributed by atoms with van der Waals surface area (Å²) in [6.07, 6.45) is 0. The maximum absolute atomic E-state index is 12.2. The first kappa shape index (κ1) is 14.4. The van der Waals surface area contributed by atoms with Gasteiger partial charge in [-0.25, -0.2) is 0 Å². The van der Waals surface area contributed by atoms with Gasteiger partial charge in [0.1, 0.15) is 5.75 Å². The van der Waals surface area contributed by atoms with Crippen molar-refractivity contribution in [3.8, 4) is 5.75 Å². The summed E-state index contributed by atoms with van der Waals surface area (Å²) < 4.78 is 5.45. The van der Waals surface area contributed by atoms with Gasteiger partial charge >= 0.3 is 0 Å². The fourth-order valence-corrected chi connectivity index (χ4v) is 1.94. The molecular weight excluding hydrogens is 274 g/mol. The number of amides is 1. The lowest BCUT2D eigenvalue weighted by Crippen LogP contribution is -2.23. The van der Waals surface area contributed by atoms with E-state index in [-0.39, 0.29) is 5.91 Å². The summed E-state index contributed by atoms with van der Waals surface area (Å²) >= 11 is 5.82. The van der Waals surface area contributed by atoms with E-state index in [2.05, 4.69) is 5.32 Å².